The Morgan fingerprint density at radius 3 is 2.32 bits per heavy atom. The van der Waals surface area contributed by atoms with E-state index < -0.39 is 6.04 Å². The molecule has 0 bridgehead atoms. The van der Waals surface area contributed by atoms with E-state index in [1.165, 1.54) is 11.1 Å². The third-order valence-electron chi connectivity index (χ3n) is 4.89. The molecule has 31 heavy (non-hydrogen) atoms. The van der Waals surface area contributed by atoms with Gasteiger partial charge in [0, 0.05) is 22.9 Å². The Balaban J connectivity index is 2.16. The highest BCUT2D eigenvalue weighted by molar-refractivity contribution is 7.99. The first-order valence-electron chi connectivity index (χ1n) is 10.6. The fraction of sp³-hybridized carbons (Fsp3) is 0.440. The number of hydrogen-bond donors (Lipinski definition) is 1. The minimum atomic E-state index is -0.526. The van der Waals surface area contributed by atoms with E-state index in [2.05, 4.69) is 24.4 Å². The van der Waals surface area contributed by atoms with Gasteiger partial charge < -0.3 is 10.2 Å². The van der Waals surface area contributed by atoms with Crippen LogP contribution in [0.2, 0.25) is 5.02 Å². The van der Waals surface area contributed by atoms with Crippen molar-refractivity contribution in [1.82, 2.24) is 10.2 Å². The van der Waals surface area contributed by atoms with Gasteiger partial charge in [0.25, 0.3) is 0 Å². The maximum Gasteiger partial charge on any atom is 0.243 e. The zero-order valence-corrected chi connectivity index (χ0v) is 20.6. The van der Waals surface area contributed by atoms with Crippen LogP contribution >= 0.6 is 23.4 Å². The van der Waals surface area contributed by atoms with Crippen molar-refractivity contribution in [3.63, 3.8) is 0 Å². The van der Waals surface area contributed by atoms with Crippen LogP contribution in [0.25, 0.3) is 0 Å². The highest BCUT2D eigenvalue weighted by Crippen LogP contribution is 2.20. The van der Waals surface area contributed by atoms with Crippen molar-refractivity contribution < 1.29 is 9.59 Å². The summed E-state index contributed by atoms with van der Waals surface area (Å²) in [5.74, 6) is 0.921. The molecule has 6 heteroatoms. The summed E-state index contributed by atoms with van der Waals surface area (Å²) in [5.41, 5.74) is 3.03. The molecule has 1 N–H and O–H groups in total. The minimum Gasteiger partial charge on any atom is -0.350 e. The van der Waals surface area contributed by atoms with Gasteiger partial charge in [-0.3, -0.25) is 9.59 Å². The highest BCUT2D eigenvalue weighted by atomic mass is 35.5. The second-order valence-corrected chi connectivity index (χ2v) is 10.2. The van der Waals surface area contributed by atoms with Crippen LogP contribution in [-0.4, -0.2) is 34.0 Å². The van der Waals surface area contributed by atoms with Crippen molar-refractivity contribution in [3.8, 4) is 0 Å². The summed E-state index contributed by atoms with van der Waals surface area (Å²) < 4.78 is 0. The number of rotatable bonds is 9. The lowest BCUT2D eigenvalue weighted by Crippen LogP contribution is -2.53. The van der Waals surface area contributed by atoms with Crippen LogP contribution in [0.15, 0.2) is 48.5 Å². The second-order valence-electron chi connectivity index (χ2n) is 8.73. The third-order valence-corrected chi connectivity index (χ3v) is 6.11. The molecular formula is C25H33ClN2O2S. The van der Waals surface area contributed by atoms with E-state index in [-0.39, 0.29) is 17.4 Å². The largest absolute Gasteiger partial charge is 0.350 e. The van der Waals surface area contributed by atoms with Crippen LogP contribution in [0.1, 0.15) is 50.8 Å². The maximum absolute atomic E-state index is 13.3. The first kappa shape index (κ1) is 25.3. The van der Waals surface area contributed by atoms with Crippen molar-refractivity contribution in [3.05, 3.63) is 70.2 Å². The zero-order valence-electron chi connectivity index (χ0n) is 19.1. The van der Waals surface area contributed by atoms with E-state index in [0.717, 1.165) is 11.3 Å². The predicted molar refractivity (Wildman–Crippen MR) is 131 cm³/mol. The van der Waals surface area contributed by atoms with Crippen LogP contribution in [0.3, 0.4) is 0 Å². The van der Waals surface area contributed by atoms with Crippen LogP contribution in [0.5, 0.6) is 0 Å². The predicted octanol–water partition coefficient (Wildman–Crippen LogP) is 5.60. The van der Waals surface area contributed by atoms with E-state index in [1.807, 2.05) is 64.1 Å². The molecule has 2 aromatic rings. The smallest absolute Gasteiger partial charge is 0.243 e. The van der Waals surface area contributed by atoms with Crippen molar-refractivity contribution in [2.24, 2.45) is 0 Å². The van der Waals surface area contributed by atoms with Crippen molar-refractivity contribution in [2.75, 3.05) is 5.75 Å². The topological polar surface area (TPSA) is 49.4 Å². The molecule has 1 atom stereocenters. The van der Waals surface area contributed by atoms with Gasteiger partial charge in [-0.05, 0) is 62.9 Å². The van der Waals surface area contributed by atoms with Crippen LogP contribution < -0.4 is 5.32 Å². The number of carbonyl (C=O) groups excluding carboxylic acids is 2. The Labute approximate surface area is 195 Å². The van der Waals surface area contributed by atoms with Crippen molar-refractivity contribution in [2.45, 2.75) is 64.9 Å². The number of benzene rings is 2. The number of thioether (sulfide) groups is 1. The standard InChI is InChI=1S/C25H33ClN2O2S/c1-6-22(24(30)27-25(3,4)5)28(15-19-11-13-21(26)14-12-19)23(29)17-31-16-20-10-8-7-9-18(20)2/h7-14,22H,6,15-17H2,1-5H3,(H,27,30)/t22-/m1/s1. The molecule has 0 fully saturated rings. The number of hydrogen-bond acceptors (Lipinski definition) is 3. The molecule has 0 aliphatic carbocycles. The number of halogens is 1. The summed E-state index contributed by atoms with van der Waals surface area (Å²) in [5, 5.41) is 3.68. The Hall–Kier alpha value is -1.98. The Morgan fingerprint density at radius 2 is 1.74 bits per heavy atom. The van der Waals surface area contributed by atoms with Gasteiger partial charge in [-0.2, -0.15) is 0 Å². The Morgan fingerprint density at radius 1 is 1.10 bits per heavy atom. The zero-order chi connectivity index (χ0) is 23.0. The van der Waals surface area contributed by atoms with Gasteiger partial charge >= 0.3 is 0 Å². The first-order chi connectivity index (χ1) is 14.6. The molecule has 2 amide bonds. The lowest BCUT2D eigenvalue weighted by molar-refractivity contribution is -0.140. The third kappa shape index (κ3) is 8.23. The van der Waals surface area contributed by atoms with Gasteiger partial charge in [-0.15, -0.1) is 11.8 Å². The van der Waals surface area contributed by atoms with E-state index in [4.69, 9.17) is 11.6 Å². The average Bonchev–Trinajstić information content (AvgIpc) is 2.69. The normalized spacial score (nSPS) is 12.3. The molecule has 0 aliphatic heterocycles. The monoisotopic (exact) mass is 460 g/mol. The summed E-state index contributed by atoms with van der Waals surface area (Å²) in [7, 11) is 0. The summed E-state index contributed by atoms with van der Waals surface area (Å²) in [6.45, 7) is 10.2. The molecule has 0 radical (unpaired) electrons. The van der Waals surface area contributed by atoms with E-state index >= 15 is 0 Å². The second kappa shape index (κ2) is 11.6. The number of nitrogens with zero attached hydrogens (tertiary/aromatic N) is 1. The van der Waals surface area contributed by atoms with E-state index in [1.54, 1.807) is 16.7 Å². The number of carbonyl (C=O) groups is 2. The SMILES string of the molecule is CC[C@H](C(=O)NC(C)(C)C)N(Cc1ccc(Cl)cc1)C(=O)CSCc1ccccc1C. The Bertz CT molecular complexity index is 878. The number of nitrogens with one attached hydrogen (secondary N) is 1. The molecular weight excluding hydrogens is 428 g/mol. The molecule has 0 aliphatic rings. The van der Waals surface area contributed by atoms with E-state index in [0.29, 0.717) is 23.7 Å². The van der Waals surface area contributed by atoms with E-state index in [9.17, 15) is 9.59 Å². The molecule has 2 rings (SSSR count). The fourth-order valence-electron chi connectivity index (χ4n) is 3.26. The average molecular weight is 461 g/mol. The lowest BCUT2D eigenvalue weighted by atomic mass is 10.1. The van der Waals surface area contributed by atoms with Crippen LogP contribution in [-0.2, 0) is 21.9 Å². The van der Waals surface area contributed by atoms with Crippen LogP contribution in [0, 0.1) is 6.92 Å². The number of amides is 2. The van der Waals surface area contributed by atoms with Gasteiger partial charge in [0.1, 0.15) is 6.04 Å². The van der Waals surface area contributed by atoms with Gasteiger partial charge in [0.2, 0.25) is 11.8 Å². The number of aryl methyl sites for hydroxylation is 1. The summed E-state index contributed by atoms with van der Waals surface area (Å²) >= 11 is 7.59. The molecule has 0 saturated heterocycles. The molecule has 0 aromatic heterocycles. The maximum atomic E-state index is 13.3. The summed E-state index contributed by atoms with van der Waals surface area (Å²) in [6, 6.07) is 15.1. The highest BCUT2D eigenvalue weighted by Gasteiger charge is 2.30. The first-order valence-corrected chi connectivity index (χ1v) is 12.1. The molecule has 0 saturated carbocycles. The summed E-state index contributed by atoms with van der Waals surface area (Å²) in [4.78, 5) is 27.9. The lowest BCUT2D eigenvalue weighted by Gasteiger charge is -2.33. The molecule has 2 aromatic carbocycles. The molecule has 0 spiro atoms. The van der Waals surface area contributed by atoms with Gasteiger partial charge in [0.15, 0.2) is 0 Å². The molecule has 0 unspecified atom stereocenters. The quantitative estimate of drug-likeness (QED) is 0.529. The van der Waals surface area contributed by atoms with Gasteiger partial charge in [0.05, 0.1) is 5.75 Å². The van der Waals surface area contributed by atoms with Gasteiger partial charge in [-0.1, -0.05) is 54.9 Å². The summed E-state index contributed by atoms with van der Waals surface area (Å²) in [6.07, 6.45) is 0.545. The van der Waals surface area contributed by atoms with Crippen LogP contribution in [0.4, 0.5) is 0 Å². The minimum absolute atomic E-state index is 0.0376. The van der Waals surface area contributed by atoms with Gasteiger partial charge in [-0.25, -0.2) is 0 Å². The molecule has 4 nitrogen and oxygen atoms in total. The fourth-order valence-corrected chi connectivity index (χ4v) is 4.37. The van der Waals surface area contributed by atoms with Crippen molar-refractivity contribution >= 4 is 35.2 Å². The Kier molecular flexibility index (Phi) is 9.45. The van der Waals surface area contributed by atoms with Crippen molar-refractivity contribution in [1.29, 1.82) is 0 Å². The molecule has 168 valence electrons. The molecule has 0 heterocycles.